The maximum atomic E-state index is 13.3. The monoisotopic (exact) mass is 306 g/mol. The Balaban J connectivity index is 2.22. The number of hydrogen-bond acceptors (Lipinski definition) is 1. The molecule has 0 aliphatic carbocycles. The predicted molar refractivity (Wildman–Crippen MR) is 66.8 cm³/mol. The Hall–Kier alpha value is -0.120. The molecule has 0 saturated carbocycles. The van der Waals surface area contributed by atoms with E-state index in [1.54, 1.807) is 6.07 Å². The van der Waals surface area contributed by atoms with Crippen molar-refractivity contribution in [3.05, 3.63) is 34.6 Å². The van der Waals surface area contributed by atoms with Gasteiger partial charge in [-0.1, -0.05) is 39.7 Å². The molecule has 0 bridgehead atoms. The lowest BCUT2D eigenvalue weighted by molar-refractivity contribution is 0.162. The summed E-state index contributed by atoms with van der Waals surface area (Å²) in [6.45, 7) is 1.49. The van der Waals surface area contributed by atoms with Gasteiger partial charge >= 0.3 is 0 Å². The third-order valence-electron chi connectivity index (χ3n) is 3.07. The molecule has 2 rings (SSSR count). The van der Waals surface area contributed by atoms with Crippen LogP contribution >= 0.6 is 27.5 Å². The lowest BCUT2D eigenvalue weighted by Crippen LogP contribution is -2.26. The Kier molecular flexibility index (Phi) is 3.88. The largest absolute Gasteiger partial charge is 0.381 e. The molecule has 0 aromatic heterocycles. The fourth-order valence-corrected chi connectivity index (χ4v) is 2.86. The smallest absolute Gasteiger partial charge is 0.142 e. The van der Waals surface area contributed by atoms with Gasteiger partial charge in [-0.15, -0.1) is 0 Å². The summed E-state index contributed by atoms with van der Waals surface area (Å²) in [5.74, 6) is -0.345. The van der Waals surface area contributed by atoms with Crippen LogP contribution in [-0.4, -0.2) is 18.5 Å². The molecule has 1 fully saturated rings. The Morgan fingerprint density at radius 2 is 2.31 bits per heavy atom. The fraction of sp³-hybridized carbons (Fsp3) is 0.500. The molecule has 4 heteroatoms. The molecular formula is C12H13BrClFO. The Bertz CT molecular complexity index is 377. The van der Waals surface area contributed by atoms with Gasteiger partial charge < -0.3 is 4.74 Å². The molecule has 1 aromatic carbocycles. The van der Waals surface area contributed by atoms with Crippen LogP contribution in [0.2, 0.25) is 5.02 Å². The van der Waals surface area contributed by atoms with E-state index in [0.717, 1.165) is 30.3 Å². The van der Waals surface area contributed by atoms with Crippen LogP contribution in [0.15, 0.2) is 18.2 Å². The van der Waals surface area contributed by atoms with Crippen molar-refractivity contribution in [1.82, 2.24) is 0 Å². The second-order valence-corrected chi connectivity index (χ2v) is 5.26. The highest BCUT2D eigenvalue weighted by molar-refractivity contribution is 9.09. The quantitative estimate of drug-likeness (QED) is 0.771. The van der Waals surface area contributed by atoms with Crippen molar-refractivity contribution >= 4 is 27.5 Å². The molecule has 1 aromatic rings. The highest BCUT2D eigenvalue weighted by atomic mass is 79.9. The maximum Gasteiger partial charge on any atom is 0.142 e. The number of benzene rings is 1. The fourth-order valence-electron chi connectivity index (χ4n) is 2.03. The van der Waals surface area contributed by atoms with Gasteiger partial charge in [-0.25, -0.2) is 4.39 Å². The Labute approximate surface area is 108 Å². The van der Waals surface area contributed by atoms with Gasteiger partial charge in [0, 0.05) is 17.4 Å². The summed E-state index contributed by atoms with van der Waals surface area (Å²) >= 11 is 9.48. The van der Waals surface area contributed by atoms with Crippen molar-refractivity contribution in [2.75, 3.05) is 18.5 Å². The zero-order chi connectivity index (χ0) is 11.6. The SMILES string of the molecule is Fc1cccc(CC2(CBr)CCOC2)c1Cl. The Morgan fingerprint density at radius 3 is 2.94 bits per heavy atom. The van der Waals surface area contributed by atoms with Crippen LogP contribution in [0.5, 0.6) is 0 Å². The van der Waals surface area contributed by atoms with Crippen LogP contribution in [0, 0.1) is 11.2 Å². The van der Waals surface area contributed by atoms with Gasteiger partial charge in [-0.2, -0.15) is 0 Å². The molecule has 1 heterocycles. The molecule has 1 saturated heterocycles. The standard InChI is InChI=1S/C12H13BrClFO/c13-7-12(4-5-16-8-12)6-9-2-1-3-10(15)11(9)14/h1-3H,4-8H2. The van der Waals surface area contributed by atoms with E-state index in [2.05, 4.69) is 15.9 Å². The summed E-state index contributed by atoms with van der Waals surface area (Å²) in [4.78, 5) is 0. The van der Waals surface area contributed by atoms with Gasteiger partial charge in [0.05, 0.1) is 11.6 Å². The third kappa shape index (κ3) is 2.41. The van der Waals surface area contributed by atoms with Crippen molar-refractivity contribution in [2.45, 2.75) is 12.8 Å². The minimum atomic E-state index is -0.345. The summed E-state index contributed by atoms with van der Waals surface area (Å²) in [5, 5.41) is 1.10. The highest BCUT2D eigenvalue weighted by Crippen LogP contribution is 2.36. The first-order valence-corrected chi connectivity index (χ1v) is 6.73. The normalized spacial score (nSPS) is 24.9. The topological polar surface area (TPSA) is 9.23 Å². The molecule has 1 aliphatic heterocycles. The van der Waals surface area contributed by atoms with E-state index in [0.29, 0.717) is 6.61 Å². The van der Waals surface area contributed by atoms with Crippen LogP contribution < -0.4 is 0 Å². The van der Waals surface area contributed by atoms with E-state index < -0.39 is 0 Å². The van der Waals surface area contributed by atoms with Crippen molar-refractivity contribution < 1.29 is 9.13 Å². The zero-order valence-corrected chi connectivity index (χ0v) is 11.2. The first kappa shape index (κ1) is 12.3. The van der Waals surface area contributed by atoms with Crippen LogP contribution in [0.25, 0.3) is 0 Å². The number of halogens is 3. The van der Waals surface area contributed by atoms with Crippen LogP contribution in [0.3, 0.4) is 0 Å². The van der Waals surface area contributed by atoms with Crippen LogP contribution in [0.4, 0.5) is 4.39 Å². The van der Waals surface area contributed by atoms with E-state index in [4.69, 9.17) is 16.3 Å². The number of ether oxygens (including phenoxy) is 1. The van der Waals surface area contributed by atoms with Gasteiger partial charge in [-0.05, 0) is 24.5 Å². The van der Waals surface area contributed by atoms with Gasteiger partial charge in [-0.3, -0.25) is 0 Å². The maximum absolute atomic E-state index is 13.3. The van der Waals surface area contributed by atoms with E-state index in [-0.39, 0.29) is 16.3 Å². The van der Waals surface area contributed by atoms with E-state index >= 15 is 0 Å². The van der Waals surface area contributed by atoms with Crippen molar-refractivity contribution in [3.63, 3.8) is 0 Å². The minimum Gasteiger partial charge on any atom is -0.381 e. The molecule has 1 atom stereocenters. The first-order chi connectivity index (χ1) is 7.67. The van der Waals surface area contributed by atoms with Crippen molar-refractivity contribution in [1.29, 1.82) is 0 Å². The Morgan fingerprint density at radius 1 is 1.50 bits per heavy atom. The lowest BCUT2D eigenvalue weighted by atomic mass is 9.83. The van der Waals surface area contributed by atoms with Gasteiger partial charge in [0.1, 0.15) is 5.82 Å². The van der Waals surface area contributed by atoms with Gasteiger partial charge in [0.2, 0.25) is 0 Å². The summed E-state index contributed by atoms with van der Waals surface area (Å²) in [5.41, 5.74) is 0.934. The summed E-state index contributed by atoms with van der Waals surface area (Å²) < 4.78 is 18.7. The zero-order valence-electron chi connectivity index (χ0n) is 8.81. The molecule has 0 N–H and O–H groups in total. The van der Waals surface area contributed by atoms with Crippen molar-refractivity contribution in [2.24, 2.45) is 5.41 Å². The molecule has 88 valence electrons. The van der Waals surface area contributed by atoms with E-state index in [9.17, 15) is 4.39 Å². The molecule has 0 radical (unpaired) electrons. The minimum absolute atomic E-state index is 0.0669. The number of alkyl halides is 1. The molecule has 16 heavy (non-hydrogen) atoms. The van der Waals surface area contributed by atoms with Crippen molar-refractivity contribution in [3.8, 4) is 0 Å². The van der Waals surface area contributed by atoms with E-state index in [1.165, 1.54) is 6.07 Å². The highest BCUT2D eigenvalue weighted by Gasteiger charge is 2.34. The summed E-state index contributed by atoms with van der Waals surface area (Å²) in [7, 11) is 0. The van der Waals surface area contributed by atoms with Gasteiger partial charge in [0.15, 0.2) is 0 Å². The molecular weight excluding hydrogens is 294 g/mol. The molecule has 1 nitrogen and oxygen atoms in total. The average molecular weight is 308 g/mol. The second kappa shape index (κ2) is 5.03. The third-order valence-corrected chi connectivity index (χ3v) is 4.68. The van der Waals surface area contributed by atoms with E-state index in [1.807, 2.05) is 6.07 Å². The molecule has 1 unspecified atom stereocenters. The molecule has 0 amide bonds. The van der Waals surface area contributed by atoms with Gasteiger partial charge in [0.25, 0.3) is 0 Å². The summed E-state index contributed by atoms with van der Waals surface area (Å²) in [6, 6.07) is 4.97. The predicted octanol–water partition coefficient (Wildman–Crippen LogP) is 3.82. The lowest BCUT2D eigenvalue weighted by Gasteiger charge is -2.25. The van der Waals surface area contributed by atoms with Crippen LogP contribution in [-0.2, 0) is 11.2 Å². The first-order valence-electron chi connectivity index (χ1n) is 5.23. The molecule has 1 aliphatic rings. The number of rotatable bonds is 3. The van der Waals surface area contributed by atoms with Crippen LogP contribution in [0.1, 0.15) is 12.0 Å². The number of hydrogen-bond donors (Lipinski definition) is 0. The summed E-state index contributed by atoms with van der Waals surface area (Å²) in [6.07, 6.45) is 1.75. The second-order valence-electron chi connectivity index (χ2n) is 4.33. The average Bonchev–Trinajstić information content (AvgIpc) is 2.74. The molecule has 0 spiro atoms.